The van der Waals surface area contributed by atoms with Gasteiger partial charge in [-0.05, 0) is 37.6 Å². The maximum absolute atomic E-state index is 12.3. The Hall–Kier alpha value is -3.29. The van der Waals surface area contributed by atoms with E-state index in [2.05, 4.69) is 32.1 Å². The summed E-state index contributed by atoms with van der Waals surface area (Å²) in [6.07, 6.45) is 3.82. The molecule has 25 heavy (non-hydrogen) atoms. The predicted molar refractivity (Wildman–Crippen MR) is 95.4 cm³/mol. The van der Waals surface area contributed by atoms with Gasteiger partial charge < -0.3 is 15.3 Å². The average Bonchev–Trinajstić information content (AvgIpc) is 2.93. The number of H-pyrrole nitrogens is 2. The number of imidazole rings is 1. The molecule has 130 valence electrons. The molecule has 2 aromatic rings. The number of allylic oxidation sites excluding steroid dienone is 3. The molecule has 0 aliphatic heterocycles. The summed E-state index contributed by atoms with van der Waals surface area (Å²) in [7, 11) is 0. The first-order valence-corrected chi connectivity index (χ1v) is 7.70. The van der Waals surface area contributed by atoms with E-state index in [1.54, 1.807) is 30.4 Å². The largest absolute Gasteiger partial charge is 0.324 e. The number of aromatic amines is 2. The fraction of sp³-hybridized carbons (Fsp3) is 0.235. The Morgan fingerprint density at radius 2 is 2.04 bits per heavy atom. The lowest BCUT2D eigenvalue weighted by Gasteiger charge is -2.09. The third-order valence-electron chi connectivity index (χ3n) is 3.39. The highest BCUT2D eigenvalue weighted by Gasteiger charge is 2.23. The van der Waals surface area contributed by atoms with Crippen LogP contribution in [0.1, 0.15) is 20.3 Å². The van der Waals surface area contributed by atoms with Gasteiger partial charge in [0.05, 0.1) is 16.7 Å². The van der Waals surface area contributed by atoms with Crippen LogP contribution in [0.15, 0.2) is 57.7 Å². The third kappa shape index (κ3) is 4.60. The van der Waals surface area contributed by atoms with Crippen molar-refractivity contribution in [2.24, 2.45) is 10.2 Å². The molecule has 8 heteroatoms. The summed E-state index contributed by atoms with van der Waals surface area (Å²) in [6.45, 7) is 6.73. The number of nitrogens with one attached hydrogen (secondary N) is 3. The molecule has 0 bridgehead atoms. The fourth-order valence-electron chi connectivity index (χ4n) is 2.13. The summed E-state index contributed by atoms with van der Waals surface area (Å²) in [5, 5.41) is 10.4. The molecular formula is C17H19N5O3. The van der Waals surface area contributed by atoms with Gasteiger partial charge in [-0.3, -0.25) is 9.59 Å². The lowest BCUT2D eigenvalue weighted by Crippen LogP contribution is -2.31. The van der Waals surface area contributed by atoms with Crippen LogP contribution in [0.2, 0.25) is 0 Å². The number of carbonyl (C=O) groups excluding carboxylic acids is 2. The van der Waals surface area contributed by atoms with Gasteiger partial charge in [-0.25, -0.2) is 4.79 Å². The van der Waals surface area contributed by atoms with Crippen LogP contribution in [0.25, 0.3) is 11.0 Å². The minimum Gasteiger partial charge on any atom is -0.324 e. The van der Waals surface area contributed by atoms with Crippen LogP contribution in [0, 0.1) is 0 Å². The summed E-state index contributed by atoms with van der Waals surface area (Å²) in [5.74, 6) is -1.02. The van der Waals surface area contributed by atoms with Gasteiger partial charge in [0.15, 0.2) is 5.78 Å². The van der Waals surface area contributed by atoms with Crippen molar-refractivity contribution >= 4 is 28.4 Å². The normalized spacial score (nSPS) is 13.1. The van der Waals surface area contributed by atoms with Crippen molar-refractivity contribution in [2.75, 3.05) is 5.32 Å². The maximum atomic E-state index is 12.3. The molecule has 1 unspecified atom stereocenters. The zero-order chi connectivity index (χ0) is 18.4. The summed E-state index contributed by atoms with van der Waals surface area (Å²) < 4.78 is 0. The first kappa shape index (κ1) is 18.1. The number of fused-ring (bicyclic) bond motifs is 1. The summed E-state index contributed by atoms with van der Waals surface area (Å²) in [6, 6.07) is 3.61. The number of aromatic nitrogens is 2. The lowest BCUT2D eigenvalue weighted by molar-refractivity contribution is -0.126. The molecule has 0 radical (unpaired) electrons. The Kier molecular flexibility index (Phi) is 5.78. The molecule has 0 aliphatic carbocycles. The van der Waals surface area contributed by atoms with Crippen LogP contribution in [0.3, 0.4) is 0 Å². The molecule has 0 spiro atoms. The standard InChI is InChI=1S/C17H19N5O3/c1-4-6-11(5-2)21-22-15(10(3)23)16(24)18-12-7-8-13-14(9-12)20-17(25)19-13/h4,6-9,15H,1,5H2,2-3H3,(H,18,24)(H2,19,20,25)/b11-6+,22-21?. The van der Waals surface area contributed by atoms with Crippen molar-refractivity contribution in [3.8, 4) is 0 Å². The van der Waals surface area contributed by atoms with Crippen molar-refractivity contribution < 1.29 is 9.59 Å². The average molecular weight is 341 g/mol. The van der Waals surface area contributed by atoms with Crippen LogP contribution in [-0.4, -0.2) is 27.7 Å². The van der Waals surface area contributed by atoms with E-state index in [0.29, 0.717) is 28.8 Å². The molecule has 0 fully saturated rings. The Morgan fingerprint density at radius 1 is 1.32 bits per heavy atom. The van der Waals surface area contributed by atoms with E-state index in [0.717, 1.165) is 0 Å². The molecule has 1 amide bonds. The number of azo groups is 1. The van der Waals surface area contributed by atoms with E-state index < -0.39 is 17.7 Å². The zero-order valence-corrected chi connectivity index (χ0v) is 14.0. The van der Waals surface area contributed by atoms with Crippen LogP contribution < -0.4 is 11.0 Å². The molecule has 2 rings (SSSR count). The van der Waals surface area contributed by atoms with Crippen LogP contribution in [0.5, 0.6) is 0 Å². The second-order valence-corrected chi connectivity index (χ2v) is 5.30. The highest BCUT2D eigenvalue weighted by Crippen LogP contribution is 2.15. The van der Waals surface area contributed by atoms with Crippen molar-refractivity contribution in [1.29, 1.82) is 0 Å². The van der Waals surface area contributed by atoms with Gasteiger partial charge in [-0.2, -0.15) is 10.2 Å². The van der Waals surface area contributed by atoms with E-state index in [4.69, 9.17) is 0 Å². The summed E-state index contributed by atoms with van der Waals surface area (Å²) >= 11 is 0. The van der Waals surface area contributed by atoms with Gasteiger partial charge in [-0.1, -0.05) is 19.6 Å². The number of hydrogen-bond acceptors (Lipinski definition) is 5. The second kappa shape index (κ2) is 8.00. The smallest absolute Gasteiger partial charge is 0.323 e. The number of benzene rings is 1. The third-order valence-corrected chi connectivity index (χ3v) is 3.39. The molecular weight excluding hydrogens is 322 g/mol. The summed E-state index contributed by atoms with van der Waals surface area (Å²) in [5.41, 5.74) is 1.88. The molecule has 1 aromatic heterocycles. The molecule has 1 atom stereocenters. The molecule has 1 aromatic carbocycles. The monoisotopic (exact) mass is 341 g/mol. The molecule has 0 saturated heterocycles. The SMILES string of the molecule is C=C/C=C(\CC)N=NC(C(C)=O)C(=O)Nc1ccc2[nH]c(=O)[nH]c2c1. The Labute approximate surface area is 143 Å². The Balaban J connectivity index is 2.20. The van der Waals surface area contributed by atoms with Crippen molar-refractivity contribution in [1.82, 2.24) is 9.97 Å². The van der Waals surface area contributed by atoms with E-state index >= 15 is 0 Å². The van der Waals surface area contributed by atoms with Gasteiger partial charge in [0.2, 0.25) is 6.04 Å². The lowest BCUT2D eigenvalue weighted by atomic mass is 10.2. The minimum absolute atomic E-state index is 0.338. The fourth-order valence-corrected chi connectivity index (χ4v) is 2.13. The highest BCUT2D eigenvalue weighted by atomic mass is 16.2. The van der Waals surface area contributed by atoms with Gasteiger partial charge in [-0.15, -0.1) is 0 Å². The maximum Gasteiger partial charge on any atom is 0.323 e. The number of anilines is 1. The molecule has 8 nitrogen and oxygen atoms in total. The Morgan fingerprint density at radius 3 is 2.68 bits per heavy atom. The number of rotatable bonds is 7. The van der Waals surface area contributed by atoms with Gasteiger partial charge in [0.25, 0.3) is 5.91 Å². The zero-order valence-electron chi connectivity index (χ0n) is 14.0. The minimum atomic E-state index is -1.25. The molecule has 1 heterocycles. The van der Waals surface area contributed by atoms with Gasteiger partial charge in [0, 0.05) is 5.69 Å². The van der Waals surface area contributed by atoms with Gasteiger partial charge >= 0.3 is 5.69 Å². The van der Waals surface area contributed by atoms with Crippen LogP contribution in [-0.2, 0) is 9.59 Å². The van der Waals surface area contributed by atoms with Crippen molar-refractivity contribution in [3.05, 3.63) is 53.1 Å². The Bertz CT molecular complexity index is 920. The highest BCUT2D eigenvalue weighted by molar-refractivity contribution is 6.10. The van der Waals surface area contributed by atoms with Crippen LogP contribution >= 0.6 is 0 Å². The van der Waals surface area contributed by atoms with Crippen molar-refractivity contribution in [2.45, 2.75) is 26.3 Å². The van der Waals surface area contributed by atoms with E-state index in [-0.39, 0.29) is 5.69 Å². The number of amides is 1. The van der Waals surface area contributed by atoms with Crippen molar-refractivity contribution in [3.63, 3.8) is 0 Å². The first-order chi connectivity index (χ1) is 11.9. The van der Waals surface area contributed by atoms with E-state index in [1.165, 1.54) is 6.92 Å². The second-order valence-electron chi connectivity index (χ2n) is 5.30. The summed E-state index contributed by atoms with van der Waals surface area (Å²) in [4.78, 5) is 40.6. The predicted octanol–water partition coefficient (Wildman–Crippen LogP) is 2.68. The molecule has 0 aliphatic rings. The van der Waals surface area contributed by atoms with Gasteiger partial charge in [0.1, 0.15) is 0 Å². The van der Waals surface area contributed by atoms with Crippen LogP contribution in [0.4, 0.5) is 5.69 Å². The number of carbonyl (C=O) groups is 2. The number of hydrogen-bond donors (Lipinski definition) is 3. The molecule has 0 saturated carbocycles. The topological polar surface area (TPSA) is 120 Å². The van der Waals surface area contributed by atoms with E-state index in [1.807, 2.05) is 6.92 Å². The first-order valence-electron chi connectivity index (χ1n) is 7.70. The molecule has 3 N–H and O–H groups in total. The number of nitrogens with zero attached hydrogens (tertiary/aromatic N) is 2. The quantitative estimate of drug-likeness (QED) is 0.408. The van der Waals surface area contributed by atoms with E-state index in [9.17, 15) is 14.4 Å². The number of Topliss-reactive ketones (excluding diaryl/α,β-unsaturated/α-hetero) is 1. The number of ketones is 1.